The Balaban J connectivity index is 2.93. The number of ether oxygens (including phenoxy) is 1. The normalized spacial score (nSPS) is 34.2. The van der Waals surface area contributed by atoms with E-state index in [4.69, 9.17) is 9.84 Å². The molecule has 4 N–H and O–H groups in total. The first-order valence-electron chi connectivity index (χ1n) is 6.80. The molecule has 1 aliphatic heterocycles. The highest BCUT2D eigenvalue weighted by Gasteiger charge is 2.44. The molecule has 1 aliphatic rings. The van der Waals surface area contributed by atoms with Crippen LogP contribution in [-0.2, 0) is 19.4 Å². The van der Waals surface area contributed by atoms with Gasteiger partial charge in [-0.25, -0.2) is 0 Å². The molecule has 23 heavy (non-hydrogen) atoms. The van der Waals surface area contributed by atoms with Crippen molar-refractivity contribution in [3.63, 3.8) is 0 Å². The lowest BCUT2D eigenvalue weighted by molar-refractivity contribution is -0.205. The van der Waals surface area contributed by atoms with E-state index in [2.05, 4.69) is 9.44 Å². The second kappa shape index (κ2) is 8.58. The lowest BCUT2D eigenvalue weighted by Crippen LogP contribution is -2.57. The first-order valence-corrected chi connectivity index (χ1v) is 9.01. The zero-order valence-electron chi connectivity index (χ0n) is 12.5. The third-order valence-corrected chi connectivity index (χ3v) is 4.94. The fourth-order valence-electron chi connectivity index (χ4n) is 1.77. The average molecular weight is 374 g/mol. The maximum Gasteiger partial charge on any atom is 0.284 e. The molecular formula is C11H20NO9S2-. The summed E-state index contributed by atoms with van der Waals surface area (Å²) in [5.74, 6) is -0.325. The number of nitrogens with zero attached hydrogens (tertiary/aromatic N) is 1. The maximum absolute atomic E-state index is 10.5. The van der Waals surface area contributed by atoms with E-state index in [-0.39, 0.29) is 11.0 Å². The van der Waals surface area contributed by atoms with Gasteiger partial charge in [0.05, 0.1) is 6.61 Å². The highest BCUT2D eigenvalue weighted by Crippen LogP contribution is 2.31. The minimum atomic E-state index is -5.03. The van der Waals surface area contributed by atoms with Gasteiger partial charge in [-0.1, -0.05) is 30.8 Å². The Bertz CT molecular complexity index is 510. The molecule has 10 nitrogen and oxygen atoms in total. The van der Waals surface area contributed by atoms with Crippen LogP contribution in [0, 0.1) is 5.92 Å². The quantitative estimate of drug-likeness (QED) is 0.139. The van der Waals surface area contributed by atoms with Crippen LogP contribution in [0.3, 0.4) is 0 Å². The van der Waals surface area contributed by atoms with Crippen LogP contribution in [0.5, 0.6) is 0 Å². The molecule has 0 radical (unpaired) electrons. The van der Waals surface area contributed by atoms with Crippen molar-refractivity contribution < 1.29 is 42.4 Å². The Morgan fingerprint density at radius 3 is 2.43 bits per heavy atom. The van der Waals surface area contributed by atoms with Gasteiger partial charge >= 0.3 is 0 Å². The second-order valence-corrected chi connectivity index (χ2v) is 7.12. The molecule has 0 aliphatic carbocycles. The molecule has 1 fully saturated rings. The third kappa shape index (κ3) is 5.83. The highest BCUT2D eigenvalue weighted by molar-refractivity contribution is 8.14. The topological polar surface area (TPSA) is 169 Å². The van der Waals surface area contributed by atoms with E-state index in [0.29, 0.717) is 6.42 Å². The lowest BCUT2D eigenvalue weighted by Gasteiger charge is -2.39. The summed E-state index contributed by atoms with van der Waals surface area (Å²) < 4.78 is 40.7. The Labute approximate surface area is 138 Å². The summed E-state index contributed by atoms with van der Waals surface area (Å²) in [6.45, 7) is 2.86. The molecule has 0 spiro atoms. The summed E-state index contributed by atoms with van der Waals surface area (Å²) in [5, 5.41) is 41.8. The summed E-state index contributed by atoms with van der Waals surface area (Å²) >= 11 is 0.739. The van der Waals surface area contributed by atoms with Gasteiger partial charge < -0.3 is 29.7 Å². The fourth-order valence-corrected chi connectivity index (χ4v) is 3.20. The summed E-state index contributed by atoms with van der Waals surface area (Å²) in [5.41, 5.74) is -1.14. The molecule has 0 bridgehead atoms. The SMILES string of the molecule is CCC(C)/C(=N\OS(=O)(=O)[O-])S[C@@H]1O[C@H](CO)[C@@H](O)[C@H](O)[C@H]1O. The number of thioether (sulfide) groups is 1. The monoisotopic (exact) mass is 374 g/mol. The van der Waals surface area contributed by atoms with Crippen LogP contribution in [0.1, 0.15) is 20.3 Å². The van der Waals surface area contributed by atoms with E-state index >= 15 is 0 Å². The van der Waals surface area contributed by atoms with Gasteiger partial charge in [-0.15, -0.1) is 0 Å². The van der Waals surface area contributed by atoms with Gasteiger partial charge in [0, 0.05) is 5.92 Å². The summed E-state index contributed by atoms with van der Waals surface area (Å²) in [6.07, 6.45) is -5.18. The van der Waals surface area contributed by atoms with Crippen LogP contribution in [-0.4, -0.2) is 74.9 Å². The largest absolute Gasteiger partial charge is 0.714 e. The van der Waals surface area contributed by atoms with Gasteiger partial charge in [-0.05, 0) is 6.42 Å². The molecular weight excluding hydrogens is 354 g/mol. The van der Waals surface area contributed by atoms with Crippen LogP contribution in [0.15, 0.2) is 5.16 Å². The van der Waals surface area contributed by atoms with E-state index < -0.39 is 46.9 Å². The first-order chi connectivity index (χ1) is 10.6. The molecule has 1 rings (SSSR count). The van der Waals surface area contributed by atoms with E-state index in [1.54, 1.807) is 13.8 Å². The molecule has 1 heterocycles. The average Bonchev–Trinajstić information content (AvgIpc) is 2.49. The van der Waals surface area contributed by atoms with Crippen molar-refractivity contribution in [1.82, 2.24) is 0 Å². The fraction of sp³-hybridized carbons (Fsp3) is 0.909. The molecule has 0 aromatic rings. The van der Waals surface area contributed by atoms with Gasteiger partial charge in [0.1, 0.15) is 34.9 Å². The van der Waals surface area contributed by atoms with E-state index in [0.717, 1.165) is 11.8 Å². The highest BCUT2D eigenvalue weighted by atomic mass is 32.3. The standard InChI is InChI=1S/C11H21NO9S2/c1-3-5(2)10(12-21-23(17,18)19)22-11-9(16)8(15)7(14)6(4-13)20-11/h5-9,11,13-16H,3-4H2,1-2H3,(H,17,18,19)/p-1/b12-10+/t5?,6-,7-,8+,9-,11+/m1/s1. The lowest BCUT2D eigenvalue weighted by atomic mass is 10.0. The van der Waals surface area contributed by atoms with Crippen LogP contribution in [0.2, 0.25) is 0 Å². The van der Waals surface area contributed by atoms with Crippen molar-refractivity contribution >= 4 is 27.2 Å². The van der Waals surface area contributed by atoms with Crippen molar-refractivity contribution in [3.05, 3.63) is 0 Å². The number of oxime groups is 1. The van der Waals surface area contributed by atoms with Crippen LogP contribution < -0.4 is 0 Å². The first kappa shape index (κ1) is 20.6. The minimum absolute atomic E-state index is 0.0521. The second-order valence-electron chi connectivity index (χ2n) is 5.04. The summed E-state index contributed by atoms with van der Waals surface area (Å²) in [4.78, 5) is 0. The molecule has 1 unspecified atom stereocenters. The molecule has 0 saturated carbocycles. The third-order valence-electron chi connectivity index (χ3n) is 3.34. The Kier molecular flexibility index (Phi) is 7.67. The summed E-state index contributed by atoms with van der Waals surface area (Å²) in [6, 6.07) is 0. The summed E-state index contributed by atoms with van der Waals surface area (Å²) in [7, 11) is -5.03. The number of hydrogen-bond donors (Lipinski definition) is 4. The van der Waals surface area contributed by atoms with Gasteiger partial charge in [0.25, 0.3) is 10.4 Å². The van der Waals surface area contributed by atoms with E-state index in [1.165, 1.54) is 0 Å². The van der Waals surface area contributed by atoms with Crippen molar-refractivity contribution in [1.29, 1.82) is 0 Å². The Morgan fingerprint density at radius 2 is 1.96 bits per heavy atom. The zero-order valence-corrected chi connectivity index (χ0v) is 14.1. The van der Waals surface area contributed by atoms with Gasteiger partial charge in [-0.3, -0.25) is 4.28 Å². The van der Waals surface area contributed by atoms with Gasteiger partial charge in [0.2, 0.25) is 0 Å². The molecule has 1 saturated heterocycles. The molecule has 0 amide bonds. The van der Waals surface area contributed by atoms with Crippen LogP contribution >= 0.6 is 11.8 Å². The van der Waals surface area contributed by atoms with Crippen molar-refractivity contribution in [2.45, 2.75) is 50.1 Å². The maximum atomic E-state index is 10.5. The smallest absolute Gasteiger partial charge is 0.284 e. The predicted octanol–water partition coefficient (Wildman–Crippen LogP) is -1.64. The Hall–Kier alpha value is -0.470. The number of aliphatic hydroxyl groups is 4. The van der Waals surface area contributed by atoms with Crippen LogP contribution in [0.25, 0.3) is 0 Å². The van der Waals surface area contributed by atoms with Crippen LogP contribution in [0.4, 0.5) is 0 Å². The Morgan fingerprint density at radius 1 is 1.35 bits per heavy atom. The van der Waals surface area contributed by atoms with Crippen molar-refractivity contribution in [3.8, 4) is 0 Å². The van der Waals surface area contributed by atoms with Crippen molar-refractivity contribution in [2.75, 3.05) is 6.61 Å². The minimum Gasteiger partial charge on any atom is -0.714 e. The molecule has 0 aromatic heterocycles. The molecule has 136 valence electrons. The van der Waals surface area contributed by atoms with E-state index in [9.17, 15) is 28.3 Å². The van der Waals surface area contributed by atoms with E-state index in [1.807, 2.05) is 0 Å². The molecule has 6 atom stereocenters. The number of aliphatic hydroxyl groups excluding tert-OH is 4. The van der Waals surface area contributed by atoms with Gasteiger partial charge in [-0.2, -0.15) is 8.42 Å². The van der Waals surface area contributed by atoms with Crippen molar-refractivity contribution in [2.24, 2.45) is 11.1 Å². The predicted molar refractivity (Wildman–Crippen MR) is 79.0 cm³/mol. The van der Waals surface area contributed by atoms with Gasteiger partial charge in [0.15, 0.2) is 0 Å². The number of hydrogen-bond acceptors (Lipinski definition) is 11. The molecule has 0 aromatic carbocycles. The number of rotatable bonds is 6. The zero-order chi connectivity index (χ0) is 17.8. The molecule has 12 heteroatoms.